The van der Waals surface area contributed by atoms with Gasteiger partial charge in [0.25, 0.3) is 0 Å². The lowest BCUT2D eigenvalue weighted by Gasteiger charge is -2.32. The highest BCUT2D eigenvalue weighted by Gasteiger charge is 2.38. The zero-order chi connectivity index (χ0) is 16.4. The number of hydrogen-bond acceptors (Lipinski definition) is 3. The van der Waals surface area contributed by atoms with Crippen molar-refractivity contribution in [3.05, 3.63) is 29.8 Å². The largest absolute Gasteiger partial charge is 0.341 e. The Morgan fingerprint density at radius 2 is 2.09 bits per heavy atom. The first kappa shape index (κ1) is 16.0. The minimum Gasteiger partial charge on any atom is -0.341 e. The van der Waals surface area contributed by atoms with Crippen LogP contribution in [0.15, 0.2) is 24.3 Å². The summed E-state index contributed by atoms with van der Waals surface area (Å²) in [5.74, 6) is -0.103. The Labute approximate surface area is 137 Å². The molecule has 124 valence electrons. The second-order valence-corrected chi connectivity index (χ2v) is 6.57. The minimum absolute atomic E-state index is 0.0468. The van der Waals surface area contributed by atoms with Crippen LogP contribution in [0.4, 0.5) is 5.69 Å². The Morgan fingerprint density at radius 3 is 2.83 bits per heavy atom. The number of nitrogens with zero attached hydrogens (tertiary/aromatic N) is 2. The summed E-state index contributed by atoms with van der Waals surface area (Å²) in [4.78, 5) is 28.8. The Bertz CT molecular complexity index is 602. The van der Waals surface area contributed by atoms with Gasteiger partial charge in [-0.3, -0.25) is 9.59 Å². The van der Waals surface area contributed by atoms with E-state index in [2.05, 4.69) is 6.92 Å². The summed E-state index contributed by atoms with van der Waals surface area (Å²) in [6, 6.07) is 8.02. The quantitative estimate of drug-likeness (QED) is 0.920. The summed E-state index contributed by atoms with van der Waals surface area (Å²) in [7, 11) is 0. The summed E-state index contributed by atoms with van der Waals surface area (Å²) in [6.07, 6.45) is 3.11. The molecule has 2 amide bonds. The number of rotatable bonds is 3. The highest BCUT2D eigenvalue weighted by atomic mass is 16.2. The van der Waals surface area contributed by atoms with Crippen molar-refractivity contribution in [1.82, 2.24) is 4.90 Å². The molecular weight excluding hydrogens is 290 g/mol. The molecular formula is C18H25N3O2. The normalized spacial score (nSPS) is 25.0. The van der Waals surface area contributed by atoms with Crippen molar-refractivity contribution in [3.63, 3.8) is 0 Å². The number of benzene rings is 1. The van der Waals surface area contributed by atoms with Crippen LogP contribution >= 0.6 is 0 Å². The predicted molar refractivity (Wildman–Crippen MR) is 90.1 cm³/mol. The van der Waals surface area contributed by atoms with E-state index in [1.165, 1.54) is 0 Å². The Balaban J connectivity index is 1.73. The highest BCUT2D eigenvalue weighted by molar-refractivity contribution is 6.00. The summed E-state index contributed by atoms with van der Waals surface area (Å²) < 4.78 is 0. The second-order valence-electron chi connectivity index (χ2n) is 6.57. The zero-order valence-corrected chi connectivity index (χ0v) is 13.7. The van der Waals surface area contributed by atoms with Crippen molar-refractivity contribution in [1.29, 1.82) is 0 Å². The smallest absolute Gasteiger partial charge is 0.228 e. The van der Waals surface area contributed by atoms with Crippen LogP contribution in [0.2, 0.25) is 0 Å². The van der Waals surface area contributed by atoms with Crippen LogP contribution in [-0.2, 0) is 16.0 Å². The molecule has 0 spiro atoms. The number of anilines is 1. The molecule has 2 fully saturated rings. The Morgan fingerprint density at radius 1 is 1.30 bits per heavy atom. The number of aryl methyl sites for hydroxylation is 1. The van der Waals surface area contributed by atoms with Gasteiger partial charge in [-0.05, 0) is 30.9 Å². The molecule has 0 aromatic heterocycles. The molecule has 5 nitrogen and oxygen atoms in total. The standard InChI is InChI=1S/C18H25N3O2/c1-2-13-6-3-4-8-16(13)21-11-14(10-17(21)22)18(23)20-9-5-7-15(19)12-20/h3-4,6,8,14-15H,2,5,7,9-12,19H2,1H3/t14-,15+/m1/s1. The van der Waals surface area contributed by atoms with Crippen molar-refractivity contribution in [2.75, 3.05) is 24.5 Å². The van der Waals surface area contributed by atoms with Crippen molar-refractivity contribution < 1.29 is 9.59 Å². The lowest BCUT2D eigenvalue weighted by atomic mass is 10.0. The fraction of sp³-hybridized carbons (Fsp3) is 0.556. The average molecular weight is 315 g/mol. The zero-order valence-electron chi connectivity index (χ0n) is 13.7. The van der Waals surface area contributed by atoms with E-state index >= 15 is 0 Å². The van der Waals surface area contributed by atoms with Gasteiger partial charge < -0.3 is 15.5 Å². The van der Waals surface area contributed by atoms with Crippen molar-refractivity contribution in [2.45, 2.75) is 38.6 Å². The lowest BCUT2D eigenvalue weighted by Crippen LogP contribution is -2.48. The van der Waals surface area contributed by atoms with E-state index in [0.29, 0.717) is 19.5 Å². The van der Waals surface area contributed by atoms with E-state index in [4.69, 9.17) is 5.73 Å². The van der Waals surface area contributed by atoms with Gasteiger partial charge in [0, 0.05) is 37.8 Å². The van der Waals surface area contributed by atoms with E-state index in [-0.39, 0.29) is 23.8 Å². The lowest BCUT2D eigenvalue weighted by molar-refractivity contribution is -0.136. The number of hydrogen-bond donors (Lipinski definition) is 1. The van der Waals surface area contributed by atoms with E-state index in [1.807, 2.05) is 29.2 Å². The number of piperidine rings is 1. The fourth-order valence-corrected chi connectivity index (χ4v) is 3.65. The van der Waals surface area contributed by atoms with Gasteiger partial charge in [-0.15, -0.1) is 0 Å². The van der Waals surface area contributed by atoms with Crippen LogP contribution < -0.4 is 10.6 Å². The number of likely N-dealkylation sites (tertiary alicyclic amines) is 1. The van der Waals surface area contributed by atoms with Gasteiger partial charge in [0.2, 0.25) is 11.8 Å². The number of carbonyl (C=O) groups is 2. The molecule has 2 aliphatic rings. The molecule has 1 aromatic carbocycles. The molecule has 2 atom stereocenters. The van der Waals surface area contributed by atoms with Gasteiger partial charge in [0.1, 0.15) is 0 Å². The fourth-order valence-electron chi connectivity index (χ4n) is 3.65. The first-order chi connectivity index (χ1) is 11.1. The molecule has 0 bridgehead atoms. The summed E-state index contributed by atoms with van der Waals surface area (Å²) >= 11 is 0. The van der Waals surface area contributed by atoms with Gasteiger partial charge in [-0.2, -0.15) is 0 Å². The maximum atomic E-state index is 12.7. The van der Waals surface area contributed by atoms with Gasteiger partial charge in [-0.1, -0.05) is 25.1 Å². The first-order valence-electron chi connectivity index (χ1n) is 8.52. The molecule has 2 N–H and O–H groups in total. The first-order valence-corrected chi connectivity index (χ1v) is 8.52. The molecule has 2 aliphatic heterocycles. The van der Waals surface area contributed by atoms with Crippen LogP contribution in [0.3, 0.4) is 0 Å². The SMILES string of the molecule is CCc1ccccc1N1C[C@H](C(=O)N2CCC[C@H](N)C2)CC1=O. The molecule has 0 saturated carbocycles. The van der Waals surface area contributed by atoms with Crippen LogP contribution in [0.1, 0.15) is 31.7 Å². The molecule has 5 heteroatoms. The number of nitrogens with two attached hydrogens (primary N) is 1. The maximum Gasteiger partial charge on any atom is 0.228 e. The molecule has 0 radical (unpaired) electrons. The average Bonchev–Trinajstić information content (AvgIpc) is 2.95. The third kappa shape index (κ3) is 3.24. The van der Waals surface area contributed by atoms with Crippen molar-refractivity contribution >= 4 is 17.5 Å². The van der Waals surface area contributed by atoms with E-state index in [9.17, 15) is 9.59 Å². The maximum absolute atomic E-state index is 12.7. The molecule has 0 aliphatic carbocycles. The van der Waals surface area contributed by atoms with E-state index in [0.717, 1.165) is 37.1 Å². The Hall–Kier alpha value is -1.88. The van der Waals surface area contributed by atoms with Gasteiger partial charge >= 0.3 is 0 Å². The van der Waals surface area contributed by atoms with E-state index < -0.39 is 0 Å². The summed E-state index contributed by atoms with van der Waals surface area (Å²) in [6.45, 7) is 3.95. The van der Waals surface area contributed by atoms with Crippen molar-refractivity contribution in [3.8, 4) is 0 Å². The topological polar surface area (TPSA) is 66.6 Å². The van der Waals surface area contributed by atoms with Crippen LogP contribution in [-0.4, -0.2) is 42.4 Å². The number of carbonyl (C=O) groups excluding carboxylic acids is 2. The van der Waals surface area contributed by atoms with Gasteiger partial charge in [-0.25, -0.2) is 0 Å². The second kappa shape index (κ2) is 6.71. The highest BCUT2D eigenvalue weighted by Crippen LogP contribution is 2.29. The molecule has 23 heavy (non-hydrogen) atoms. The molecule has 0 unspecified atom stereocenters. The van der Waals surface area contributed by atoms with Crippen LogP contribution in [0, 0.1) is 5.92 Å². The molecule has 2 saturated heterocycles. The summed E-state index contributed by atoms with van der Waals surface area (Å²) in [5, 5.41) is 0. The van der Waals surface area contributed by atoms with Crippen molar-refractivity contribution in [2.24, 2.45) is 11.7 Å². The molecule has 2 heterocycles. The third-order valence-electron chi connectivity index (χ3n) is 4.91. The van der Waals surface area contributed by atoms with E-state index in [1.54, 1.807) is 4.90 Å². The van der Waals surface area contributed by atoms with Crippen LogP contribution in [0.25, 0.3) is 0 Å². The minimum atomic E-state index is -0.238. The Kier molecular flexibility index (Phi) is 4.66. The monoisotopic (exact) mass is 315 g/mol. The van der Waals surface area contributed by atoms with Crippen LogP contribution in [0.5, 0.6) is 0 Å². The molecule has 3 rings (SSSR count). The summed E-state index contributed by atoms with van der Waals surface area (Å²) in [5.41, 5.74) is 8.07. The number of amides is 2. The number of para-hydroxylation sites is 1. The van der Waals surface area contributed by atoms with Gasteiger partial charge in [0.15, 0.2) is 0 Å². The predicted octanol–water partition coefficient (Wildman–Crippen LogP) is 1.55. The third-order valence-corrected chi connectivity index (χ3v) is 4.91. The van der Waals surface area contributed by atoms with Gasteiger partial charge in [0.05, 0.1) is 5.92 Å². The molecule has 1 aromatic rings.